The summed E-state index contributed by atoms with van der Waals surface area (Å²) < 4.78 is 0. The molecule has 0 aliphatic heterocycles. The van der Waals surface area contributed by atoms with Gasteiger partial charge in [0.1, 0.15) is 0 Å². The summed E-state index contributed by atoms with van der Waals surface area (Å²) in [4.78, 5) is 11.5. The molecule has 0 bridgehead atoms. The van der Waals surface area contributed by atoms with E-state index in [9.17, 15) is 9.90 Å². The Balaban J connectivity index is 2.54. The van der Waals surface area contributed by atoms with Gasteiger partial charge in [0.2, 0.25) is 0 Å². The SMILES string of the molecule is C[C@@H]1CC=C(C(=O)O)[C@](C)(c2ccc(Cl)c(Cl)c2)C1. The molecule has 0 saturated carbocycles. The van der Waals surface area contributed by atoms with Crippen molar-refractivity contribution in [3.05, 3.63) is 45.5 Å². The predicted octanol–water partition coefficient (Wildman–Crippen LogP) is 4.69. The Bertz CT molecular complexity index is 551. The van der Waals surface area contributed by atoms with E-state index in [0.717, 1.165) is 18.4 Å². The molecule has 2 atom stereocenters. The molecule has 1 N–H and O–H groups in total. The van der Waals surface area contributed by atoms with E-state index < -0.39 is 11.4 Å². The molecule has 0 fully saturated rings. The van der Waals surface area contributed by atoms with Crippen LogP contribution in [0.15, 0.2) is 29.8 Å². The molecule has 102 valence electrons. The van der Waals surface area contributed by atoms with Crippen molar-refractivity contribution < 1.29 is 9.90 Å². The van der Waals surface area contributed by atoms with Gasteiger partial charge in [0.05, 0.1) is 10.0 Å². The molecule has 0 radical (unpaired) electrons. The zero-order chi connectivity index (χ0) is 14.2. The Hall–Kier alpha value is -0.990. The van der Waals surface area contributed by atoms with Gasteiger partial charge in [0.25, 0.3) is 0 Å². The number of halogens is 2. The number of hydrogen-bond donors (Lipinski definition) is 1. The lowest BCUT2D eigenvalue weighted by atomic mass is 9.66. The van der Waals surface area contributed by atoms with Crippen LogP contribution in [0.25, 0.3) is 0 Å². The highest BCUT2D eigenvalue weighted by atomic mass is 35.5. The average Bonchev–Trinajstić information content (AvgIpc) is 2.31. The zero-order valence-corrected chi connectivity index (χ0v) is 12.4. The highest BCUT2D eigenvalue weighted by Crippen LogP contribution is 2.43. The lowest BCUT2D eigenvalue weighted by Crippen LogP contribution is -2.34. The largest absolute Gasteiger partial charge is 0.478 e. The molecule has 1 aromatic rings. The molecule has 0 saturated heterocycles. The molecule has 2 nitrogen and oxygen atoms in total. The number of hydrogen-bond acceptors (Lipinski definition) is 1. The van der Waals surface area contributed by atoms with Crippen LogP contribution in [0.3, 0.4) is 0 Å². The number of allylic oxidation sites excluding steroid dienone is 1. The molecule has 0 unspecified atom stereocenters. The molecule has 19 heavy (non-hydrogen) atoms. The molecular weight excluding hydrogens is 283 g/mol. The van der Waals surface area contributed by atoms with Crippen LogP contribution in [0.1, 0.15) is 32.3 Å². The number of rotatable bonds is 2. The quantitative estimate of drug-likeness (QED) is 0.860. The van der Waals surface area contributed by atoms with Crippen LogP contribution in [0.4, 0.5) is 0 Å². The lowest BCUT2D eigenvalue weighted by Gasteiger charge is -2.37. The maximum Gasteiger partial charge on any atom is 0.332 e. The van der Waals surface area contributed by atoms with Crippen LogP contribution in [-0.2, 0) is 10.2 Å². The summed E-state index contributed by atoms with van der Waals surface area (Å²) in [6.07, 6.45) is 3.43. The van der Waals surface area contributed by atoms with Gasteiger partial charge < -0.3 is 5.11 Å². The summed E-state index contributed by atoms with van der Waals surface area (Å²) in [7, 11) is 0. The van der Waals surface area contributed by atoms with Gasteiger partial charge in [-0.05, 0) is 36.5 Å². The van der Waals surface area contributed by atoms with Crippen molar-refractivity contribution in [1.29, 1.82) is 0 Å². The first kappa shape index (κ1) is 14.4. The van der Waals surface area contributed by atoms with Crippen molar-refractivity contribution in [3.63, 3.8) is 0 Å². The first-order chi connectivity index (χ1) is 8.84. The van der Waals surface area contributed by atoms with Crippen molar-refractivity contribution in [2.75, 3.05) is 0 Å². The molecule has 1 aliphatic rings. The Morgan fingerprint density at radius 2 is 2.05 bits per heavy atom. The minimum Gasteiger partial charge on any atom is -0.478 e. The molecule has 0 aromatic heterocycles. The minimum absolute atomic E-state index is 0.447. The fourth-order valence-electron chi connectivity index (χ4n) is 2.87. The first-order valence-corrected chi connectivity index (χ1v) is 6.99. The second-order valence-electron chi connectivity index (χ2n) is 5.43. The molecule has 0 heterocycles. The van der Waals surface area contributed by atoms with E-state index in [1.54, 1.807) is 12.1 Å². The summed E-state index contributed by atoms with van der Waals surface area (Å²) >= 11 is 12.0. The maximum absolute atomic E-state index is 11.5. The van der Waals surface area contributed by atoms with Crippen molar-refractivity contribution in [1.82, 2.24) is 0 Å². The molecule has 0 amide bonds. The molecular formula is C15H16Cl2O2. The van der Waals surface area contributed by atoms with Crippen LogP contribution in [0, 0.1) is 5.92 Å². The summed E-state index contributed by atoms with van der Waals surface area (Å²) in [5, 5.41) is 10.4. The number of carboxylic acids is 1. The van der Waals surface area contributed by atoms with Crippen LogP contribution in [0.5, 0.6) is 0 Å². The summed E-state index contributed by atoms with van der Waals surface area (Å²) in [5.74, 6) is -0.414. The van der Waals surface area contributed by atoms with Gasteiger partial charge in [-0.3, -0.25) is 0 Å². The third kappa shape index (κ3) is 2.65. The Morgan fingerprint density at radius 3 is 2.63 bits per heavy atom. The van der Waals surface area contributed by atoms with E-state index in [0.29, 0.717) is 21.5 Å². The van der Waals surface area contributed by atoms with Gasteiger partial charge >= 0.3 is 5.97 Å². The maximum atomic E-state index is 11.5. The number of carbonyl (C=O) groups is 1. The Kier molecular flexibility index (Phi) is 3.93. The summed E-state index contributed by atoms with van der Waals surface area (Å²) in [6.45, 7) is 4.09. The van der Waals surface area contributed by atoms with Crippen molar-refractivity contribution in [2.45, 2.75) is 32.1 Å². The number of benzene rings is 1. The summed E-state index contributed by atoms with van der Waals surface area (Å²) in [5.41, 5.74) is 0.837. The third-order valence-electron chi connectivity index (χ3n) is 3.86. The van der Waals surface area contributed by atoms with Crippen molar-refractivity contribution >= 4 is 29.2 Å². The van der Waals surface area contributed by atoms with Gasteiger partial charge in [0.15, 0.2) is 0 Å². The van der Waals surface area contributed by atoms with E-state index in [1.807, 2.05) is 19.1 Å². The van der Waals surface area contributed by atoms with Gasteiger partial charge in [-0.15, -0.1) is 0 Å². The monoisotopic (exact) mass is 298 g/mol. The standard InChI is InChI=1S/C15H16Cl2O2/c1-9-3-5-11(14(18)19)15(2,8-9)10-4-6-12(16)13(17)7-10/h4-7,9H,3,8H2,1-2H3,(H,18,19)/t9-,15+/m1/s1. The van der Waals surface area contributed by atoms with Crippen LogP contribution in [0.2, 0.25) is 10.0 Å². The predicted molar refractivity (Wildman–Crippen MR) is 77.9 cm³/mol. The first-order valence-electron chi connectivity index (χ1n) is 6.24. The van der Waals surface area contributed by atoms with E-state index in [4.69, 9.17) is 23.2 Å². The molecule has 4 heteroatoms. The Morgan fingerprint density at radius 1 is 1.37 bits per heavy atom. The molecule has 1 aromatic carbocycles. The van der Waals surface area contributed by atoms with Crippen LogP contribution in [-0.4, -0.2) is 11.1 Å². The molecule has 1 aliphatic carbocycles. The average molecular weight is 299 g/mol. The van der Waals surface area contributed by atoms with Gasteiger partial charge in [0, 0.05) is 11.0 Å². The fraction of sp³-hybridized carbons (Fsp3) is 0.400. The van der Waals surface area contributed by atoms with Gasteiger partial charge in [-0.1, -0.05) is 49.2 Å². The molecule has 0 spiro atoms. The van der Waals surface area contributed by atoms with E-state index in [2.05, 4.69) is 6.92 Å². The lowest BCUT2D eigenvalue weighted by molar-refractivity contribution is -0.133. The molecule has 2 rings (SSSR count). The van der Waals surface area contributed by atoms with E-state index in [1.165, 1.54) is 0 Å². The minimum atomic E-state index is -0.861. The smallest absolute Gasteiger partial charge is 0.332 e. The Labute approximate surface area is 123 Å². The number of aliphatic carboxylic acids is 1. The van der Waals surface area contributed by atoms with Gasteiger partial charge in [-0.25, -0.2) is 4.79 Å². The third-order valence-corrected chi connectivity index (χ3v) is 4.60. The number of carboxylic acid groups (broad SMARTS) is 1. The second-order valence-corrected chi connectivity index (χ2v) is 6.24. The van der Waals surface area contributed by atoms with Gasteiger partial charge in [-0.2, -0.15) is 0 Å². The van der Waals surface area contributed by atoms with Crippen LogP contribution < -0.4 is 0 Å². The summed E-state index contributed by atoms with van der Waals surface area (Å²) in [6, 6.07) is 5.37. The zero-order valence-electron chi connectivity index (χ0n) is 10.9. The van der Waals surface area contributed by atoms with Crippen LogP contribution >= 0.6 is 23.2 Å². The van der Waals surface area contributed by atoms with Crippen molar-refractivity contribution in [2.24, 2.45) is 5.92 Å². The second kappa shape index (κ2) is 5.18. The highest BCUT2D eigenvalue weighted by molar-refractivity contribution is 6.42. The fourth-order valence-corrected chi connectivity index (χ4v) is 3.17. The highest BCUT2D eigenvalue weighted by Gasteiger charge is 2.39. The topological polar surface area (TPSA) is 37.3 Å². The van der Waals surface area contributed by atoms with E-state index >= 15 is 0 Å². The van der Waals surface area contributed by atoms with E-state index in [-0.39, 0.29) is 0 Å². The normalized spacial score (nSPS) is 26.9. The van der Waals surface area contributed by atoms with Crippen molar-refractivity contribution in [3.8, 4) is 0 Å².